The van der Waals surface area contributed by atoms with Crippen molar-refractivity contribution in [1.29, 1.82) is 0 Å². The number of pyridine rings is 1. The van der Waals surface area contributed by atoms with Gasteiger partial charge >= 0.3 is 6.16 Å². The smallest absolute Gasteiger partial charge is 0.508 e. The molecule has 37 heavy (non-hydrogen) atoms. The second kappa shape index (κ2) is 12.4. The Kier molecular flexibility index (Phi) is 9.04. The topological polar surface area (TPSA) is 129 Å². The van der Waals surface area contributed by atoms with E-state index >= 15 is 0 Å². The first-order valence-electron chi connectivity index (χ1n) is 12.0. The molecule has 196 valence electrons. The zero-order chi connectivity index (χ0) is 26.4. The van der Waals surface area contributed by atoms with Gasteiger partial charge in [0, 0.05) is 29.3 Å². The van der Waals surface area contributed by atoms with E-state index in [-0.39, 0.29) is 13.2 Å². The van der Waals surface area contributed by atoms with Crippen LogP contribution in [-0.2, 0) is 27.3 Å². The lowest BCUT2D eigenvalue weighted by molar-refractivity contribution is 0.0461. The molecule has 0 spiro atoms. The van der Waals surface area contributed by atoms with Crippen molar-refractivity contribution >= 4 is 45.4 Å². The van der Waals surface area contributed by atoms with Crippen molar-refractivity contribution in [2.75, 3.05) is 38.7 Å². The second-order valence-corrected chi connectivity index (χ2v) is 11.2. The number of thiazole rings is 1. The number of nitrogens with one attached hydrogen (secondary N) is 1. The van der Waals surface area contributed by atoms with Crippen molar-refractivity contribution in [1.82, 2.24) is 19.9 Å². The number of unbranched alkanes of at least 4 members (excludes halogenated alkanes) is 1. The van der Waals surface area contributed by atoms with Gasteiger partial charge in [-0.05, 0) is 43.3 Å². The second-order valence-electron chi connectivity index (χ2n) is 8.77. The van der Waals surface area contributed by atoms with E-state index in [0.717, 1.165) is 39.9 Å². The molecule has 0 bridgehead atoms. The lowest BCUT2D eigenvalue weighted by Gasteiger charge is -2.11. The molecule has 0 aliphatic carbocycles. The van der Waals surface area contributed by atoms with Crippen LogP contribution in [0.5, 0.6) is 0 Å². The highest BCUT2D eigenvalue weighted by molar-refractivity contribution is 7.91. The van der Waals surface area contributed by atoms with E-state index in [4.69, 9.17) is 20.2 Å². The Morgan fingerprint density at radius 2 is 2.03 bits per heavy atom. The van der Waals surface area contributed by atoms with Gasteiger partial charge in [-0.3, -0.25) is 4.98 Å². The summed E-state index contributed by atoms with van der Waals surface area (Å²) in [6, 6.07) is 9.62. The Bertz CT molecular complexity index is 1320. The fraction of sp³-hybridized carbons (Fsp3) is 0.346. The predicted molar refractivity (Wildman–Crippen MR) is 148 cm³/mol. The minimum atomic E-state index is -1.25. The molecule has 0 saturated carbocycles. The molecule has 0 aliphatic rings. The number of fused-ring (bicyclic) bond motifs is 1. The first-order chi connectivity index (χ1) is 17.9. The van der Waals surface area contributed by atoms with Crippen LogP contribution in [0, 0.1) is 0 Å². The number of ether oxygens (including phenoxy) is 2. The number of nitrogen functional groups attached to an aromatic ring is 1. The Morgan fingerprint density at radius 1 is 1.24 bits per heavy atom. The van der Waals surface area contributed by atoms with Crippen LogP contribution >= 0.6 is 11.3 Å². The number of benzene rings is 1. The van der Waals surface area contributed by atoms with Gasteiger partial charge in [-0.25, -0.2) is 14.8 Å². The third-order valence-electron chi connectivity index (χ3n) is 5.71. The number of aromatic nitrogens is 3. The normalized spacial score (nSPS) is 12.2. The van der Waals surface area contributed by atoms with Crippen molar-refractivity contribution in [3.05, 3.63) is 47.5 Å². The van der Waals surface area contributed by atoms with Gasteiger partial charge in [0.05, 0.1) is 5.39 Å². The number of aromatic amines is 1. The molecule has 0 aliphatic heterocycles. The number of nitrogens with zero attached hydrogens (tertiary/aromatic N) is 3. The Hall–Kier alpha value is -3.12. The number of H-pyrrole nitrogens is 1. The molecule has 1 unspecified atom stereocenters. The highest BCUT2D eigenvalue weighted by atomic mass is 32.2. The van der Waals surface area contributed by atoms with Gasteiger partial charge in [0.1, 0.15) is 41.0 Å². The monoisotopic (exact) mass is 541 g/mol. The molecule has 1 atom stereocenters. The molecule has 11 heteroatoms. The number of nitrogens with two attached hydrogens (primary N) is 1. The third kappa shape index (κ3) is 6.61. The molecule has 3 N–H and O–H groups in total. The fourth-order valence-electron chi connectivity index (χ4n) is 3.72. The molecule has 3 heterocycles. The summed E-state index contributed by atoms with van der Waals surface area (Å²) in [6.07, 6.45) is 2.84. The minimum Gasteiger partial charge on any atom is -0.610 e. The van der Waals surface area contributed by atoms with E-state index in [9.17, 15) is 9.35 Å². The van der Waals surface area contributed by atoms with Gasteiger partial charge in [0.25, 0.3) is 0 Å². The summed E-state index contributed by atoms with van der Waals surface area (Å²) < 4.78 is 23.2. The molecule has 9 nitrogen and oxygen atoms in total. The summed E-state index contributed by atoms with van der Waals surface area (Å²) in [7, 11) is 3.81. The van der Waals surface area contributed by atoms with Gasteiger partial charge in [-0.2, -0.15) is 0 Å². The molecule has 0 amide bonds. The average Bonchev–Trinajstić information content (AvgIpc) is 3.54. The van der Waals surface area contributed by atoms with E-state index in [2.05, 4.69) is 16.9 Å². The molecule has 4 rings (SSSR count). The van der Waals surface area contributed by atoms with Crippen LogP contribution in [0.1, 0.15) is 25.3 Å². The summed E-state index contributed by atoms with van der Waals surface area (Å²) in [5.41, 5.74) is 10.9. The SMILES string of the molecule is CCCC[S+]([O-])c1[nH]c2nc(-c3nccs3)cc(-c3ccc(COC(=O)OCCN(C)C)cc3)c2c1N. The molecule has 0 radical (unpaired) electrons. The highest BCUT2D eigenvalue weighted by Gasteiger charge is 2.24. The predicted octanol–water partition coefficient (Wildman–Crippen LogP) is 5.06. The van der Waals surface area contributed by atoms with Gasteiger partial charge < -0.3 is 24.7 Å². The van der Waals surface area contributed by atoms with Crippen LogP contribution in [0.3, 0.4) is 0 Å². The van der Waals surface area contributed by atoms with E-state index in [1.54, 1.807) is 6.20 Å². The van der Waals surface area contributed by atoms with Gasteiger partial charge in [0.15, 0.2) is 0 Å². The average molecular weight is 542 g/mol. The summed E-state index contributed by atoms with van der Waals surface area (Å²) in [5, 5.41) is 3.91. The number of anilines is 1. The minimum absolute atomic E-state index is 0.101. The van der Waals surface area contributed by atoms with E-state index < -0.39 is 17.3 Å². The molecule has 4 aromatic rings. The van der Waals surface area contributed by atoms with Crippen LogP contribution < -0.4 is 5.73 Å². The summed E-state index contributed by atoms with van der Waals surface area (Å²) in [4.78, 5) is 26.1. The maximum atomic E-state index is 12.9. The van der Waals surface area contributed by atoms with Gasteiger partial charge in [0.2, 0.25) is 5.03 Å². The van der Waals surface area contributed by atoms with Crippen molar-refractivity contribution < 1.29 is 18.8 Å². The molecular weight excluding hydrogens is 510 g/mol. The lowest BCUT2D eigenvalue weighted by Crippen LogP contribution is -2.20. The molecule has 0 fully saturated rings. The van der Waals surface area contributed by atoms with Crippen LogP contribution in [0.25, 0.3) is 32.9 Å². The van der Waals surface area contributed by atoms with Crippen molar-refractivity contribution in [2.24, 2.45) is 0 Å². The number of likely N-dealkylation sites (N-methyl/N-ethyl adjacent to an activating group) is 1. The van der Waals surface area contributed by atoms with Crippen molar-refractivity contribution in [2.45, 2.75) is 31.4 Å². The third-order valence-corrected chi connectivity index (χ3v) is 7.94. The fourth-order valence-corrected chi connectivity index (χ4v) is 5.63. The quantitative estimate of drug-likeness (QED) is 0.199. The first-order valence-corrected chi connectivity index (χ1v) is 14.2. The number of carbonyl (C=O) groups is 1. The van der Waals surface area contributed by atoms with Gasteiger partial charge in [-0.1, -0.05) is 37.6 Å². The van der Waals surface area contributed by atoms with Crippen LogP contribution in [0.15, 0.2) is 46.9 Å². The molecule has 0 saturated heterocycles. The first kappa shape index (κ1) is 26.9. The van der Waals surface area contributed by atoms with Crippen molar-refractivity contribution in [3.63, 3.8) is 0 Å². The number of rotatable bonds is 11. The lowest BCUT2D eigenvalue weighted by atomic mass is 10.0. The van der Waals surface area contributed by atoms with E-state index in [1.807, 2.05) is 54.7 Å². The summed E-state index contributed by atoms with van der Waals surface area (Å²) >= 11 is 0.246. The highest BCUT2D eigenvalue weighted by Crippen LogP contribution is 2.39. The Morgan fingerprint density at radius 3 is 2.70 bits per heavy atom. The molecular formula is C26H31N5O4S2. The maximum Gasteiger partial charge on any atom is 0.508 e. The Labute approximate surface area is 223 Å². The van der Waals surface area contributed by atoms with Crippen LogP contribution in [0.2, 0.25) is 0 Å². The maximum absolute atomic E-state index is 12.9. The summed E-state index contributed by atoms with van der Waals surface area (Å²) in [6.45, 7) is 3.07. The summed E-state index contributed by atoms with van der Waals surface area (Å²) in [5.74, 6) is 0.536. The van der Waals surface area contributed by atoms with Gasteiger partial charge in [-0.15, -0.1) is 11.3 Å². The van der Waals surface area contributed by atoms with Crippen LogP contribution in [0.4, 0.5) is 10.5 Å². The van der Waals surface area contributed by atoms with E-state index in [0.29, 0.717) is 34.4 Å². The standard InChI is InChI=1S/C26H31N5O4S2/c1-4-5-14-37(33)25-22(27)21-19(15-20(29-23(21)30-25)24-28-10-13-36-24)18-8-6-17(7-9-18)16-35-26(32)34-12-11-31(2)3/h6-10,13,15H,4-5,11-12,14,16,27H2,1-3H3,(H,29,30). The van der Waals surface area contributed by atoms with E-state index in [1.165, 1.54) is 11.3 Å². The van der Waals surface area contributed by atoms with Crippen LogP contribution in [-0.4, -0.2) is 63.6 Å². The largest absolute Gasteiger partial charge is 0.610 e. The zero-order valence-corrected chi connectivity index (χ0v) is 22.8. The molecule has 3 aromatic heterocycles. The van der Waals surface area contributed by atoms with Crippen molar-refractivity contribution in [3.8, 4) is 21.8 Å². The Balaban J connectivity index is 1.61. The number of hydrogen-bond donors (Lipinski definition) is 2. The number of hydrogen-bond acceptors (Lipinski definition) is 9. The molecule has 1 aromatic carbocycles. The zero-order valence-electron chi connectivity index (χ0n) is 21.2. The number of carbonyl (C=O) groups excluding carboxylic acids is 1.